The number of carboxylic acids is 1. The molecule has 0 radical (unpaired) electrons. The van der Waals surface area contributed by atoms with Crippen LogP contribution in [0.2, 0.25) is 0 Å². The lowest BCUT2D eigenvalue weighted by Gasteiger charge is -2.31. The summed E-state index contributed by atoms with van der Waals surface area (Å²) in [5.41, 5.74) is 2.87. The monoisotopic (exact) mass is 383 g/mol. The molecule has 144 valence electrons. The molecule has 0 unspecified atom stereocenters. The normalized spacial score (nSPS) is 14.0. The van der Waals surface area contributed by atoms with Gasteiger partial charge in [-0.1, -0.05) is 18.2 Å². The summed E-state index contributed by atoms with van der Waals surface area (Å²) in [7, 11) is 0. The highest BCUT2D eigenvalue weighted by atomic mass is 19.4. The number of halogens is 4. The van der Waals surface area contributed by atoms with Crippen LogP contribution < -0.4 is 9.64 Å². The first kappa shape index (κ1) is 19.0. The molecular formula is C19H17F4NO3. The smallest absolute Gasteiger partial charge is 0.481 e. The predicted molar refractivity (Wildman–Crippen MR) is 90.2 cm³/mol. The third kappa shape index (κ3) is 4.90. The van der Waals surface area contributed by atoms with E-state index in [9.17, 15) is 22.4 Å². The number of aryl methyl sites for hydroxylation is 1. The topological polar surface area (TPSA) is 49.8 Å². The third-order valence-electron chi connectivity index (χ3n) is 4.40. The van der Waals surface area contributed by atoms with Crippen LogP contribution in [0, 0.1) is 5.82 Å². The van der Waals surface area contributed by atoms with Crippen molar-refractivity contribution in [1.82, 2.24) is 0 Å². The molecular weight excluding hydrogens is 366 g/mol. The highest BCUT2D eigenvalue weighted by molar-refractivity contribution is 5.67. The van der Waals surface area contributed by atoms with Crippen LogP contribution >= 0.6 is 0 Å². The van der Waals surface area contributed by atoms with Gasteiger partial charge in [0.15, 0.2) is 0 Å². The highest BCUT2D eigenvalue weighted by Crippen LogP contribution is 2.32. The summed E-state index contributed by atoms with van der Waals surface area (Å²) in [6, 6.07) is 8.60. The van der Waals surface area contributed by atoms with E-state index in [1.807, 2.05) is 18.2 Å². The minimum Gasteiger partial charge on any atom is -0.481 e. The van der Waals surface area contributed by atoms with Crippen LogP contribution in [0.4, 0.5) is 23.2 Å². The van der Waals surface area contributed by atoms with Crippen LogP contribution in [0.5, 0.6) is 5.75 Å². The number of carboxylic acid groups (broad SMARTS) is 1. The zero-order valence-electron chi connectivity index (χ0n) is 14.2. The van der Waals surface area contributed by atoms with E-state index in [-0.39, 0.29) is 12.1 Å². The SMILES string of the molecule is O=C(O)CCc1ccc2c(c1)CN(c1cc(OC(F)(F)F)ccc1F)CC2. The lowest BCUT2D eigenvalue weighted by molar-refractivity contribution is -0.274. The number of fused-ring (bicyclic) bond motifs is 1. The fourth-order valence-corrected chi connectivity index (χ4v) is 3.15. The molecule has 1 N–H and O–H groups in total. The summed E-state index contributed by atoms with van der Waals surface area (Å²) in [6.45, 7) is 0.774. The quantitative estimate of drug-likeness (QED) is 0.782. The number of alkyl halides is 3. The van der Waals surface area contributed by atoms with Crippen molar-refractivity contribution in [2.45, 2.75) is 32.2 Å². The number of nitrogens with zero attached hydrogens (tertiary/aromatic N) is 1. The maximum atomic E-state index is 14.2. The van der Waals surface area contributed by atoms with E-state index in [2.05, 4.69) is 4.74 Å². The summed E-state index contributed by atoms with van der Waals surface area (Å²) in [6.07, 6.45) is -3.85. The minimum absolute atomic E-state index is 0.00789. The Morgan fingerprint density at radius 1 is 1.15 bits per heavy atom. The van der Waals surface area contributed by atoms with Gasteiger partial charge in [-0.15, -0.1) is 13.2 Å². The maximum Gasteiger partial charge on any atom is 0.573 e. The largest absolute Gasteiger partial charge is 0.573 e. The summed E-state index contributed by atoms with van der Waals surface area (Å²) in [5, 5.41) is 8.80. The molecule has 8 heteroatoms. The van der Waals surface area contributed by atoms with Gasteiger partial charge in [0.25, 0.3) is 0 Å². The van der Waals surface area contributed by atoms with Crippen molar-refractivity contribution in [3.05, 3.63) is 58.9 Å². The van der Waals surface area contributed by atoms with Crippen LogP contribution in [0.1, 0.15) is 23.1 Å². The van der Waals surface area contributed by atoms with E-state index < -0.39 is 23.9 Å². The van der Waals surface area contributed by atoms with Crippen LogP contribution in [0.25, 0.3) is 0 Å². The van der Waals surface area contributed by atoms with Crippen LogP contribution in [0.3, 0.4) is 0 Å². The van der Waals surface area contributed by atoms with Gasteiger partial charge in [0.1, 0.15) is 11.6 Å². The van der Waals surface area contributed by atoms with Gasteiger partial charge in [0, 0.05) is 25.6 Å². The van der Waals surface area contributed by atoms with Crippen LogP contribution in [0.15, 0.2) is 36.4 Å². The van der Waals surface area contributed by atoms with Crippen LogP contribution in [-0.4, -0.2) is 24.0 Å². The van der Waals surface area contributed by atoms with Crippen molar-refractivity contribution in [2.24, 2.45) is 0 Å². The molecule has 27 heavy (non-hydrogen) atoms. The minimum atomic E-state index is -4.84. The average Bonchev–Trinajstić information content (AvgIpc) is 2.59. The number of carbonyl (C=O) groups is 1. The summed E-state index contributed by atoms with van der Waals surface area (Å²) in [5.74, 6) is -1.99. The Morgan fingerprint density at radius 3 is 2.63 bits per heavy atom. The number of rotatable bonds is 5. The van der Waals surface area contributed by atoms with Crippen molar-refractivity contribution in [1.29, 1.82) is 0 Å². The number of anilines is 1. The molecule has 4 nitrogen and oxygen atoms in total. The first-order chi connectivity index (χ1) is 12.7. The van der Waals surface area contributed by atoms with Gasteiger partial charge in [0.2, 0.25) is 0 Å². The molecule has 0 saturated carbocycles. The second-order valence-corrected chi connectivity index (χ2v) is 6.33. The van der Waals surface area contributed by atoms with Crippen LogP contribution in [-0.2, 0) is 24.2 Å². The Kier molecular flexibility index (Phi) is 5.25. The standard InChI is InChI=1S/C19H17F4NO3/c20-16-5-4-15(27-19(21,22)23)10-17(16)24-8-7-13-3-1-12(2-6-18(25)26)9-14(13)11-24/h1,3-5,9-10H,2,6-8,11H2,(H,25,26). The van der Waals surface area contributed by atoms with Gasteiger partial charge < -0.3 is 14.7 Å². The number of aliphatic carboxylic acids is 1. The summed E-state index contributed by atoms with van der Waals surface area (Å²) >= 11 is 0. The Labute approximate surface area is 153 Å². The average molecular weight is 383 g/mol. The molecule has 0 amide bonds. The molecule has 1 heterocycles. The molecule has 1 aliphatic heterocycles. The van der Waals surface area contributed by atoms with E-state index >= 15 is 0 Å². The van der Waals surface area contributed by atoms with Gasteiger partial charge >= 0.3 is 12.3 Å². The lowest BCUT2D eigenvalue weighted by atomic mass is 9.95. The zero-order chi connectivity index (χ0) is 19.6. The first-order valence-electron chi connectivity index (χ1n) is 8.34. The highest BCUT2D eigenvalue weighted by Gasteiger charge is 2.31. The number of hydrogen-bond acceptors (Lipinski definition) is 3. The van der Waals surface area contributed by atoms with Gasteiger partial charge in [-0.05, 0) is 41.7 Å². The fraction of sp³-hybridized carbons (Fsp3) is 0.316. The summed E-state index contributed by atoms with van der Waals surface area (Å²) < 4.78 is 55.3. The van der Waals surface area contributed by atoms with E-state index in [0.717, 1.165) is 34.9 Å². The van der Waals surface area contributed by atoms with Crippen molar-refractivity contribution in [3.63, 3.8) is 0 Å². The number of benzene rings is 2. The maximum absolute atomic E-state index is 14.2. The Hall–Kier alpha value is -2.77. The first-order valence-corrected chi connectivity index (χ1v) is 8.34. The molecule has 0 bridgehead atoms. The Balaban J connectivity index is 1.81. The second kappa shape index (κ2) is 7.46. The molecule has 2 aromatic rings. The molecule has 1 aliphatic rings. The fourth-order valence-electron chi connectivity index (χ4n) is 3.15. The Morgan fingerprint density at radius 2 is 1.93 bits per heavy atom. The number of hydrogen-bond donors (Lipinski definition) is 1. The zero-order valence-corrected chi connectivity index (χ0v) is 14.2. The third-order valence-corrected chi connectivity index (χ3v) is 4.40. The van der Waals surface area contributed by atoms with E-state index in [1.165, 1.54) is 0 Å². The van der Waals surface area contributed by atoms with Gasteiger partial charge in [-0.3, -0.25) is 4.79 Å². The van der Waals surface area contributed by atoms with E-state index in [1.54, 1.807) is 4.90 Å². The Bertz CT molecular complexity index is 851. The van der Waals surface area contributed by atoms with Crippen molar-refractivity contribution in [3.8, 4) is 5.75 Å². The van der Waals surface area contributed by atoms with Crippen molar-refractivity contribution < 1.29 is 32.2 Å². The van der Waals surface area contributed by atoms with Gasteiger partial charge in [-0.2, -0.15) is 0 Å². The van der Waals surface area contributed by atoms with Crippen molar-refractivity contribution >= 4 is 11.7 Å². The molecule has 0 fully saturated rings. The molecule has 2 aromatic carbocycles. The lowest BCUT2D eigenvalue weighted by Crippen LogP contribution is -2.31. The van der Waals surface area contributed by atoms with Crippen molar-refractivity contribution in [2.75, 3.05) is 11.4 Å². The molecule has 0 aromatic heterocycles. The molecule has 0 spiro atoms. The van der Waals surface area contributed by atoms with Gasteiger partial charge in [0.05, 0.1) is 5.69 Å². The molecule has 3 rings (SSSR count). The van der Waals surface area contributed by atoms with E-state index in [0.29, 0.717) is 25.9 Å². The predicted octanol–water partition coefficient (Wildman–Crippen LogP) is 4.30. The van der Waals surface area contributed by atoms with E-state index in [4.69, 9.17) is 5.11 Å². The molecule has 0 aliphatic carbocycles. The molecule has 0 saturated heterocycles. The molecule has 0 atom stereocenters. The second-order valence-electron chi connectivity index (χ2n) is 6.33. The van der Waals surface area contributed by atoms with Gasteiger partial charge in [-0.25, -0.2) is 4.39 Å². The number of ether oxygens (including phenoxy) is 1. The summed E-state index contributed by atoms with van der Waals surface area (Å²) in [4.78, 5) is 12.4.